The third-order valence-electron chi connectivity index (χ3n) is 6.67. The molecule has 1 saturated carbocycles. The Kier molecular flexibility index (Phi) is 5.62. The maximum atomic E-state index is 12.5. The van der Waals surface area contributed by atoms with E-state index in [2.05, 4.69) is 32.8 Å². The van der Waals surface area contributed by atoms with E-state index in [9.17, 15) is 4.79 Å². The van der Waals surface area contributed by atoms with E-state index >= 15 is 0 Å². The maximum Gasteiger partial charge on any atom is 0.223 e. The summed E-state index contributed by atoms with van der Waals surface area (Å²) in [5, 5.41) is 10.1. The first-order valence-electron chi connectivity index (χ1n) is 10.3. The molecule has 2 saturated heterocycles. The van der Waals surface area contributed by atoms with Crippen molar-refractivity contribution < 1.29 is 4.79 Å². The van der Waals surface area contributed by atoms with Crippen molar-refractivity contribution in [1.29, 1.82) is 0 Å². The molecule has 144 valence electrons. The highest BCUT2D eigenvalue weighted by Gasteiger charge is 2.57. The highest BCUT2D eigenvalue weighted by Crippen LogP contribution is 2.58. The molecule has 0 bridgehead atoms. The zero-order valence-electron chi connectivity index (χ0n) is 15.9. The molecule has 26 heavy (non-hydrogen) atoms. The summed E-state index contributed by atoms with van der Waals surface area (Å²) >= 11 is 1.78. The Morgan fingerprint density at radius 2 is 2.15 bits per heavy atom. The highest BCUT2D eigenvalue weighted by molar-refractivity contribution is 7.09. The van der Waals surface area contributed by atoms with Gasteiger partial charge in [-0.3, -0.25) is 9.69 Å². The monoisotopic (exact) mass is 376 g/mol. The molecule has 3 heterocycles. The minimum atomic E-state index is 0.294. The molecule has 5 nitrogen and oxygen atoms in total. The van der Waals surface area contributed by atoms with Crippen LogP contribution in [0.1, 0.15) is 49.7 Å². The first-order valence-corrected chi connectivity index (χ1v) is 11.2. The lowest BCUT2D eigenvalue weighted by Crippen LogP contribution is -2.39. The predicted molar refractivity (Wildman–Crippen MR) is 105 cm³/mol. The highest BCUT2D eigenvalue weighted by atomic mass is 32.1. The smallest absolute Gasteiger partial charge is 0.223 e. The van der Waals surface area contributed by atoms with Crippen molar-refractivity contribution in [2.45, 2.75) is 52.0 Å². The van der Waals surface area contributed by atoms with Crippen LogP contribution in [0, 0.1) is 17.3 Å². The van der Waals surface area contributed by atoms with Gasteiger partial charge in [-0.1, -0.05) is 6.92 Å². The number of rotatable bonds is 6. The van der Waals surface area contributed by atoms with Crippen LogP contribution in [-0.2, 0) is 17.8 Å². The van der Waals surface area contributed by atoms with Crippen molar-refractivity contribution in [1.82, 2.24) is 20.5 Å². The minimum Gasteiger partial charge on any atom is -0.356 e. The fourth-order valence-electron chi connectivity index (χ4n) is 4.73. The van der Waals surface area contributed by atoms with Gasteiger partial charge in [0.25, 0.3) is 0 Å². The number of amides is 1. The Labute approximate surface area is 160 Å². The van der Waals surface area contributed by atoms with E-state index in [-0.39, 0.29) is 0 Å². The fraction of sp³-hybridized carbons (Fsp3) is 0.800. The van der Waals surface area contributed by atoms with E-state index in [4.69, 9.17) is 0 Å². The van der Waals surface area contributed by atoms with Gasteiger partial charge in [0.1, 0.15) is 0 Å². The van der Waals surface area contributed by atoms with Gasteiger partial charge in [-0.15, -0.1) is 11.3 Å². The van der Waals surface area contributed by atoms with Crippen LogP contribution in [0.5, 0.6) is 0 Å². The Bertz CT molecular complexity index is 617. The van der Waals surface area contributed by atoms with E-state index in [1.165, 1.54) is 36.4 Å². The van der Waals surface area contributed by atoms with Crippen molar-refractivity contribution in [3.05, 3.63) is 16.1 Å². The van der Waals surface area contributed by atoms with Gasteiger partial charge in [-0.2, -0.15) is 0 Å². The van der Waals surface area contributed by atoms with Gasteiger partial charge in [0.15, 0.2) is 0 Å². The lowest BCUT2D eigenvalue weighted by atomic mass is 9.91. The third-order valence-corrected chi connectivity index (χ3v) is 7.71. The third kappa shape index (κ3) is 4.12. The van der Waals surface area contributed by atoms with Crippen LogP contribution in [0.3, 0.4) is 0 Å². The van der Waals surface area contributed by atoms with Gasteiger partial charge in [0.2, 0.25) is 5.91 Å². The lowest BCUT2D eigenvalue weighted by molar-refractivity contribution is -0.123. The van der Waals surface area contributed by atoms with E-state index in [1.807, 2.05) is 0 Å². The van der Waals surface area contributed by atoms with E-state index < -0.39 is 0 Å². The van der Waals surface area contributed by atoms with Crippen LogP contribution in [0.15, 0.2) is 5.38 Å². The second-order valence-electron chi connectivity index (χ2n) is 8.42. The number of likely N-dealkylation sites (tertiary alicyclic amines) is 1. The van der Waals surface area contributed by atoms with Crippen LogP contribution in [0.25, 0.3) is 0 Å². The summed E-state index contributed by atoms with van der Waals surface area (Å²) < 4.78 is 0. The second-order valence-corrected chi connectivity index (χ2v) is 9.36. The summed E-state index contributed by atoms with van der Waals surface area (Å²) in [5.74, 6) is 1.26. The molecule has 1 aliphatic carbocycles. The molecule has 1 aromatic rings. The van der Waals surface area contributed by atoms with Crippen LogP contribution < -0.4 is 10.6 Å². The summed E-state index contributed by atoms with van der Waals surface area (Å²) in [5.41, 5.74) is 1.57. The fourth-order valence-corrected chi connectivity index (χ4v) is 5.46. The van der Waals surface area contributed by atoms with Crippen LogP contribution in [0.2, 0.25) is 0 Å². The van der Waals surface area contributed by atoms with Gasteiger partial charge in [0, 0.05) is 24.4 Å². The van der Waals surface area contributed by atoms with Crippen molar-refractivity contribution in [3.63, 3.8) is 0 Å². The Morgan fingerprint density at radius 1 is 1.38 bits per heavy atom. The van der Waals surface area contributed by atoms with Gasteiger partial charge < -0.3 is 10.6 Å². The summed E-state index contributed by atoms with van der Waals surface area (Å²) in [4.78, 5) is 19.7. The molecule has 1 atom stereocenters. The SMILES string of the molecule is CCc1nc(CN2CCC(CNC(=O)C3CC34CCNCC4)CC2)cs1. The molecule has 6 heteroatoms. The van der Waals surface area contributed by atoms with Gasteiger partial charge in [-0.25, -0.2) is 4.98 Å². The molecule has 1 spiro atoms. The van der Waals surface area contributed by atoms with Crippen molar-refractivity contribution in [2.75, 3.05) is 32.7 Å². The standard InChI is InChI=1S/C20H32N4OS/c1-2-18-23-16(14-26-18)13-24-9-3-15(4-10-24)12-22-19(25)17-11-20(17)5-7-21-8-6-20/h14-15,17,21H,2-13H2,1H3,(H,22,25). The van der Waals surface area contributed by atoms with Crippen molar-refractivity contribution >= 4 is 17.2 Å². The molecular formula is C20H32N4OS. The summed E-state index contributed by atoms with van der Waals surface area (Å²) in [6.45, 7) is 8.43. The zero-order valence-corrected chi connectivity index (χ0v) is 16.7. The number of nitrogens with one attached hydrogen (secondary N) is 2. The average molecular weight is 377 g/mol. The summed E-state index contributed by atoms with van der Waals surface area (Å²) in [6, 6.07) is 0. The number of piperidine rings is 2. The number of carbonyl (C=O) groups is 1. The molecule has 0 radical (unpaired) electrons. The molecule has 3 aliphatic rings. The number of hydrogen-bond donors (Lipinski definition) is 2. The molecule has 1 aromatic heterocycles. The molecular weight excluding hydrogens is 344 g/mol. The van der Waals surface area contributed by atoms with Gasteiger partial charge in [-0.05, 0) is 76.0 Å². The zero-order chi connectivity index (χ0) is 18.0. The number of carbonyl (C=O) groups excluding carboxylic acids is 1. The summed E-state index contributed by atoms with van der Waals surface area (Å²) in [6.07, 6.45) is 6.88. The Balaban J connectivity index is 1.16. The van der Waals surface area contributed by atoms with Gasteiger partial charge >= 0.3 is 0 Å². The number of hydrogen-bond acceptors (Lipinski definition) is 5. The average Bonchev–Trinajstić information content (AvgIpc) is 3.16. The normalized spacial score (nSPS) is 26.1. The molecule has 2 N–H and O–H groups in total. The number of thiazole rings is 1. The van der Waals surface area contributed by atoms with E-state index in [1.54, 1.807) is 11.3 Å². The Morgan fingerprint density at radius 3 is 2.85 bits per heavy atom. The van der Waals surface area contributed by atoms with Gasteiger partial charge in [0.05, 0.1) is 10.7 Å². The molecule has 1 amide bonds. The first-order chi connectivity index (χ1) is 12.7. The maximum absolute atomic E-state index is 12.5. The molecule has 0 aromatic carbocycles. The Hall–Kier alpha value is -0.980. The quantitative estimate of drug-likeness (QED) is 0.801. The predicted octanol–water partition coefficient (Wildman–Crippen LogP) is 2.42. The minimum absolute atomic E-state index is 0.294. The molecule has 2 aliphatic heterocycles. The van der Waals surface area contributed by atoms with Crippen molar-refractivity contribution in [3.8, 4) is 0 Å². The van der Waals surface area contributed by atoms with E-state index in [0.29, 0.717) is 23.2 Å². The largest absolute Gasteiger partial charge is 0.356 e. The summed E-state index contributed by atoms with van der Waals surface area (Å²) in [7, 11) is 0. The molecule has 1 unspecified atom stereocenters. The topological polar surface area (TPSA) is 57.3 Å². The number of nitrogens with zero attached hydrogens (tertiary/aromatic N) is 2. The van der Waals surface area contributed by atoms with Crippen LogP contribution in [-0.4, -0.2) is 48.5 Å². The van der Waals surface area contributed by atoms with E-state index in [0.717, 1.165) is 52.1 Å². The lowest BCUT2D eigenvalue weighted by Gasteiger charge is -2.31. The first kappa shape index (κ1) is 18.4. The van der Waals surface area contributed by atoms with Crippen LogP contribution in [0.4, 0.5) is 0 Å². The molecule has 3 fully saturated rings. The van der Waals surface area contributed by atoms with Crippen LogP contribution >= 0.6 is 11.3 Å². The number of aryl methyl sites for hydroxylation is 1. The van der Waals surface area contributed by atoms with Crippen molar-refractivity contribution in [2.24, 2.45) is 17.3 Å². The molecule has 4 rings (SSSR count). The number of aromatic nitrogens is 1. The second kappa shape index (κ2) is 7.95.